The number of carbonyl (C=O) groups is 2. The SMILES string of the molecule is O=C(CSCC(=O)Nc1cccc2c1CCCC2)Nc1ccc(F)cc1. The van der Waals surface area contributed by atoms with Gasteiger partial charge in [0, 0.05) is 11.4 Å². The van der Waals surface area contributed by atoms with Crippen molar-refractivity contribution in [3.63, 3.8) is 0 Å². The smallest absolute Gasteiger partial charge is 0.234 e. The highest BCUT2D eigenvalue weighted by Crippen LogP contribution is 2.27. The van der Waals surface area contributed by atoms with Crippen LogP contribution in [0.1, 0.15) is 24.0 Å². The molecule has 0 saturated carbocycles. The predicted octanol–water partition coefficient (Wildman–Crippen LogP) is 4.01. The lowest BCUT2D eigenvalue weighted by atomic mass is 9.90. The van der Waals surface area contributed by atoms with Gasteiger partial charge in [-0.25, -0.2) is 4.39 Å². The van der Waals surface area contributed by atoms with E-state index in [-0.39, 0.29) is 29.1 Å². The van der Waals surface area contributed by atoms with Crippen molar-refractivity contribution >= 4 is 35.0 Å². The van der Waals surface area contributed by atoms with Gasteiger partial charge in [0.15, 0.2) is 0 Å². The summed E-state index contributed by atoms with van der Waals surface area (Å²) in [7, 11) is 0. The van der Waals surface area contributed by atoms with Gasteiger partial charge >= 0.3 is 0 Å². The summed E-state index contributed by atoms with van der Waals surface area (Å²) in [6.45, 7) is 0. The first-order chi connectivity index (χ1) is 12.6. The van der Waals surface area contributed by atoms with E-state index >= 15 is 0 Å². The molecule has 0 heterocycles. The molecule has 136 valence electrons. The number of fused-ring (bicyclic) bond motifs is 1. The molecule has 1 aliphatic rings. The Morgan fingerprint density at radius 3 is 2.38 bits per heavy atom. The first-order valence-electron chi connectivity index (χ1n) is 8.65. The van der Waals surface area contributed by atoms with Crippen molar-refractivity contribution in [1.82, 2.24) is 0 Å². The number of halogens is 1. The molecule has 2 aromatic rings. The van der Waals surface area contributed by atoms with Crippen molar-refractivity contribution in [2.24, 2.45) is 0 Å². The molecule has 0 bridgehead atoms. The molecule has 0 radical (unpaired) electrons. The second-order valence-electron chi connectivity index (χ2n) is 6.25. The molecule has 2 amide bonds. The average molecular weight is 372 g/mol. The zero-order valence-electron chi connectivity index (χ0n) is 14.4. The van der Waals surface area contributed by atoms with Crippen molar-refractivity contribution in [2.45, 2.75) is 25.7 Å². The number of rotatable bonds is 6. The van der Waals surface area contributed by atoms with Gasteiger partial charge in [-0.15, -0.1) is 11.8 Å². The standard InChI is InChI=1S/C20H21FN2O2S/c21-15-8-10-16(11-9-15)22-19(24)12-26-13-20(25)23-18-7-3-5-14-4-1-2-6-17(14)18/h3,5,7-11H,1-2,4,6,12-13H2,(H,22,24)(H,23,25). The summed E-state index contributed by atoms with van der Waals surface area (Å²) >= 11 is 1.25. The minimum atomic E-state index is -0.350. The van der Waals surface area contributed by atoms with Crippen LogP contribution in [-0.2, 0) is 22.4 Å². The normalized spacial score (nSPS) is 13.0. The van der Waals surface area contributed by atoms with Gasteiger partial charge in [0.05, 0.1) is 11.5 Å². The largest absolute Gasteiger partial charge is 0.325 e. The molecule has 0 unspecified atom stereocenters. The van der Waals surface area contributed by atoms with E-state index in [1.54, 1.807) is 0 Å². The van der Waals surface area contributed by atoms with Gasteiger partial charge in [-0.05, 0) is 67.1 Å². The van der Waals surface area contributed by atoms with Gasteiger partial charge < -0.3 is 10.6 Å². The van der Waals surface area contributed by atoms with Gasteiger partial charge in [-0.3, -0.25) is 9.59 Å². The number of thioether (sulfide) groups is 1. The Bertz CT molecular complexity index is 793. The van der Waals surface area contributed by atoms with Crippen LogP contribution in [0.15, 0.2) is 42.5 Å². The molecule has 0 spiro atoms. The van der Waals surface area contributed by atoms with Gasteiger partial charge in [-0.2, -0.15) is 0 Å². The highest BCUT2D eigenvalue weighted by atomic mass is 32.2. The summed E-state index contributed by atoms with van der Waals surface area (Å²) in [6, 6.07) is 11.6. The number of anilines is 2. The predicted molar refractivity (Wildman–Crippen MR) is 104 cm³/mol. The first-order valence-corrected chi connectivity index (χ1v) is 9.81. The Balaban J connectivity index is 1.44. The number of amides is 2. The molecule has 0 fully saturated rings. The van der Waals surface area contributed by atoms with E-state index in [9.17, 15) is 14.0 Å². The number of benzene rings is 2. The van der Waals surface area contributed by atoms with Crippen LogP contribution in [0.25, 0.3) is 0 Å². The summed E-state index contributed by atoms with van der Waals surface area (Å²) in [5, 5.41) is 5.64. The average Bonchev–Trinajstić information content (AvgIpc) is 2.64. The fraction of sp³-hybridized carbons (Fsp3) is 0.300. The Morgan fingerprint density at radius 2 is 1.62 bits per heavy atom. The van der Waals surface area contributed by atoms with Crippen molar-refractivity contribution in [1.29, 1.82) is 0 Å². The maximum atomic E-state index is 12.8. The minimum absolute atomic E-state index is 0.108. The molecule has 6 heteroatoms. The van der Waals surface area contributed by atoms with Crippen LogP contribution in [0.3, 0.4) is 0 Å². The van der Waals surface area contributed by atoms with E-state index in [0.717, 1.165) is 24.9 Å². The van der Waals surface area contributed by atoms with E-state index in [1.165, 1.54) is 53.6 Å². The minimum Gasteiger partial charge on any atom is -0.325 e. The Kier molecular flexibility index (Phi) is 6.28. The van der Waals surface area contributed by atoms with Crippen LogP contribution < -0.4 is 10.6 Å². The number of hydrogen-bond acceptors (Lipinski definition) is 3. The molecule has 1 aliphatic carbocycles. The highest BCUT2D eigenvalue weighted by Gasteiger charge is 2.14. The Morgan fingerprint density at radius 1 is 0.923 bits per heavy atom. The summed E-state index contributed by atoms with van der Waals surface area (Å²) in [5.74, 6) is -0.301. The topological polar surface area (TPSA) is 58.2 Å². The van der Waals surface area contributed by atoms with Gasteiger partial charge in [0.1, 0.15) is 5.82 Å². The summed E-state index contributed by atoms with van der Waals surface area (Å²) < 4.78 is 12.8. The summed E-state index contributed by atoms with van der Waals surface area (Å²) in [6.07, 6.45) is 4.41. The van der Waals surface area contributed by atoms with Crippen LogP contribution in [0, 0.1) is 5.82 Å². The van der Waals surface area contributed by atoms with Gasteiger partial charge in [-0.1, -0.05) is 12.1 Å². The van der Waals surface area contributed by atoms with Gasteiger partial charge in [0.25, 0.3) is 0 Å². The van der Waals surface area contributed by atoms with Crippen molar-refractivity contribution in [3.05, 3.63) is 59.4 Å². The van der Waals surface area contributed by atoms with E-state index in [4.69, 9.17) is 0 Å². The lowest BCUT2D eigenvalue weighted by Crippen LogP contribution is -2.19. The van der Waals surface area contributed by atoms with E-state index in [1.807, 2.05) is 12.1 Å². The molecule has 3 rings (SSSR count). The van der Waals surface area contributed by atoms with Crippen molar-refractivity contribution in [3.8, 4) is 0 Å². The third-order valence-corrected chi connectivity index (χ3v) is 5.20. The molecular weight excluding hydrogens is 351 g/mol. The fourth-order valence-corrected chi connectivity index (χ4v) is 3.67. The lowest BCUT2D eigenvalue weighted by Gasteiger charge is -2.19. The molecule has 2 N–H and O–H groups in total. The Hall–Kier alpha value is -2.34. The lowest BCUT2D eigenvalue weighted by molar-refractivity contribution is -0.114. The van der Waals surface area contributed by atoms with E-state index in [2.05, 4.69) is 16.7 Å². The number of nitrogens with one attached hydrogen (secondary N) is 2. The quantitative estimate of drug-likeness (QED) is 0.805. The zero-order chi connectivity index (χ0) is 18.4. The highest BCUT2D eigenvalue weighted by molar-refractivity contribution is 8.00. The van der Waals surface area contributed by atoms with Crippen molar-refractivity contribution in [2.75, 3.05) is 22.1 Å². The number of hydrogen-bond donors (Lipinski definition) is 2. The maximum Gasteiger partial charge on any atom is 0.234 e. The van der Waals surface area contributed by atoms with Crippen molar-refractivity contribution < 1.29 is 14.0 Å². The Labute approximate surface area is 156 Å². The molecule has 2 aromatic carbocycles. The molecule has 4 nitrogen and oxygen atoms in total. The van der Waals surface area contributed by atoms with Crippen LogP contribution >= 0.6 is 11.8 Å². The van der Waals surface area contributed by atoms with E-state index in [0.29, 0.717) is 5.69 Å². The maximum absolute atomic E-state index is 12.8. The monoisotopic (exact) mass is 372 g/mol. The first kappa shape index (κ1) is 18.5. The third-order valence-electron chi connectivity index (χ3n) is 4.26. The second-order valence-corrected chi connectivity index (χ2v) is 7.23. The molecule has 0 aliphatic heterocycles. The summed E-state index contributed by atoms with van der Waals surface area (Å²) in [4.78, 5) is 24.0. The zero-order valence-corrected chi connectivity index (χ0v) is 15.2. The van der Waals surface area contributed by atoms with Crippen LogP contribution in [0.5, 0.6) is 0 Å². The third kappa shape index (κ3) is 5.08. The number of aryl methyl sites for hydroxylation is 1. The second kappa shape index (κ2) is 8.85. The number of carbonyl (C=O) groups excluding carboxylic acids is 2. The van der Waals surface area contributed by atoms with Crippen LogP contribution in [-0.4, -0.2) is 23.3 Å². The molecule has 0 saturated heterocycles. The fourth-order valence-electron chi connectivity index (χ4n) is 3.05. The molecule has 0 atom stereocenters. The summed E-state index contributed by atoms with van der Waals surface area (Å²) in [5.41, 5.74) is 3.99. The van der Waals surface area contributed by atoms with Crippen LogP contribution in [0.2, 0.25) is 0 Å². The molecule has 26 heavy (non-hydrogen) atoms. The molecular formula is C20H21FN2O2S. The van der Waals surface area contributed by atoms with Gasteiger partial charge in [0.2, 0.25) is 11.8 Å². The molecule has 0 aromatic heterocycles. The van der Waals surface area contributed by atoms with Crippen LogP contribution in [0.4, 0.5) is 15.8 Å². The van der Waals surface area contributed by atoms with E-state index < -0.39 is 0 Å².